The van der Waals surface area contributed by atoms with E-state index in [4.69, 9.17) is 9.72 Å². The number of carbonyl (C=O) groups excluding carboxylic acids is 1. The Hall–Kier alpha value is -2.75. The molecule has 2 aromatic carbocycles. The standard InChI is InChI=1S/C22H22N3O4S2/c1-22(2,3)24-31(27,28)16-9-10-17(19(13-16)25-11-12-29-21(25)26)18-14-30-20(23-18)15-7-5-4-6-8-15/h5-10,13-14,24H,11-12H2,1-3H3. The number of benzene rings is 2. The molecule has 0 atom stereocenters. The molecule has 9 heteroatoms. The van der Waals surface area contributed by atoms with Crippen molar-refractivity contribution in [2.24, 2.45) is 0 Å². The van der Waals surface area contributed by atoms with E-state index in [9.17, 15) is 13.2 Å². The molecule has 3 aromatic rings. The van der Waals surface area contributed by atoms with Crippen LogP contribution < -0.4 is 9.62 Å². The minimum absolute atomic E-state index is 0.0786. The van der Waals surface area contributed by atoms with Crippen LogP contribution in [0.5, 0.6) is 0 Å². The van der Waals surface area contributed by atoms with Crippen LogP contribution in [-0.2, 0) is 14.8 Å². The number of nitrogens with zero attached hydrogens (tertiary/aromatic N) is 2. The molecule has 1 saturated heterocycles. The normalized spacial score (nSPS) is 14.7. The number of hydrogen-bond acceptors (Lipinski definition) is 6. The monoisotopic (exact) mass is 456 g/mol. The highest BCUT2D eigenvalue weighted by molar-refractivity contribution is 7.89. The summed E-state index contributed by atoms with van der Waals surface area (Å²) in [5, 5.41) is 2.72. The Morgan fingerprint density at radius 1 is 1.19 bits per heavy atom. The van der Waals surface area contributed by atoms with Crippen molar-refractivity contribution in [2.45, 2.75) is 31.2 Å². The first-order valence-corrected chi connectivity index (χ1v) is 12.0. The number of rotatable bonds is 5. The number of thiazole rings is 1. The van der Waals surface area contributed by atoms with Gasteiger partial charge in [0.2, 0.25) is 10.0 Å². The van der Waals surface area contributed by atoms with Gasteiger partial charge in [0.1, 0.15) is 11.6 Å². The number of anilines is 1. The summed E-state index contributed by atoms with van der Waals surface area (Å²) >= 11 is 1.48. The maximum atomic E-state index is 12.9. The summed E-state index contributed by atoms with van der Waals surface area (Å²) in [7, 11) is -3.77. The quantitative estimate of drug-likeness (QED) is 0.618. The highest BCUT2D eigenvalue weighted by Gasteiger charge is 2.29. The van der Waals surface area contributed by atoms with Gasteiger partial charge < -0.3 is 4.74 Å². The predicted molar refractivity (Wildman–Crippen MR) is 121 cm³/mol. The lowest BCUT2D eigenvalue weighted by molar-refractivity contribution is 0.181. The SMILES string of the molecule is CC(C)(C)NS(=O)(=O)c1ccc(-c2csc(-c3cc[c]cc3)n2)c(N2CCOC2=O)c1. The molecule has 1 radical (unpaired) electrons. The molecule has 1 N–H and O–H groups in total. The molecule has 1 aliphatic heterocycles. The van der Waals surface area contributed by atoms with Gasteiger partial charge in [0.05, 0.1) is 22.8 Å². The number of carbonyl (C=O) groups is 1. The summed E-state index contributed by atoms with van der Waals surface area (Å²) in [6.45, 7) is 5.91. The molecule has 1 fully saturated rings. The summed E-state index contributed by atoms with van der Waals surface area (Å²) in [6.07, 6.45) is -0.506. The molecule has 1 aromatic heterocycles. The van der Waals surface area contributed by atoms with Crippen LogP contribution in [0.25, 0.3) is 21.8 Å². The van der Waals surface area contributed by atoms with E-state index in [-0.39, 0.29) is 11.5 Å². The van der Waals surface area contributed by atoms with Crippen molar-refractivity contribution in [3.63, 3.8) is 0 Å². The van der Waals surface area contributed by atoms with E-state index in [1.54, 1.807) is 26.8 Å². The molecule has 2 heterocycles. The van der Waals surface area contributed by atoms with Crippen LogP contribution in [0.3, 0.4) is 0 Å². The molecule has 1 amide bonds. The topological polar surface area (TPSA) is 88.6 Å². The molecule has 0 bridgehead atoms. The third-order valence-electron chi connectivity index (χ3n) is 4.52. The van der Waals surface area contributed by atoms with E-state index in [1.807, 2.05) is 29.6 Å². The molecule has 0 unspecified atom stereocenters. The number of ether oxygens (including phenoxy) is 1. The van der Waals surface area contributed by atoms with E-state index in [0.717, 1.165) is 10.6 Å². The fourth-order valence-electron chi connectivity index (χ4n) is 3.25. The summed E-state index contributed by atoms with van der Waals surface area (Å²) in [5.41, 5.74) is 2.11. The highest BCUT2D eigenvalue weighted by Crippen LogP contribution is 2.37. The fraction of sp³-hybridized carbons (Fsp3) is 0.273. The third-order valence-corrected chi connectivity index (χ3v) is 7.16. The van der Waals surface area contributed by atoms with Crippen LogP contribution in [-0.4, -0.2) is 38.2 Å². The van der Waals surface area contributed by atoms with Gasteiger partial charge in [-0.3, -0.25) is 4.90 Å². The van der Waals surface area contributed by atoms with Gasteiger partial charge in [0.15, 0.2) is 0 Å². The smallest absolute Gasteiger partial charge is 0.414 e. The van der Waals surface area contributed by atoms with Crippen molar-refractivity contribution in [3.05, 3.63) is 53.9 Å². The molecular weight excluding hydrogens is 434 g/mol. The maximum absolute atomic E-state index is 12.9. The lowest BCUT2D eigenvalue weighted by atomic mass is 10.1. The summed E-state index contributed by atoms with van der Waals surface area (Å²) in [4.78, 5) is 18.5. The Morgan fingerprint density at radius 3 is 2.58 bits per heavy atom. The molecule has 7 nitrogen and oxygen atoms in total. The summed E-state index contributed by atoms with van der Waals surface area (Å²) in [5.74, 6) is 0. The lowest BCUT2D eigenvalue weighted by Crippen LogP contribution is -2.40. The first-order chi connectivity index (χ1) is 14.6. The van der Waals surface area contributed by atoms with Gasteiger partial charge in [-0.1, -0.05) is 24.3 Å². The van der Waals surface area contributed by atoms with Gasteiger partial charge in [0, 0.05) is 22.0 Å². The van der Waals surface area contributed by atoms with E-state index in [1.165, 1.54) is 28.4 Å². The van der Waals surface area contributed by atoms with Gasteiger partial charge >= 0.3 is 6.09 Å². The number of aromatic nitrogens is 1. The minimum Gasteiger partial charge on any atom is -0.447 e. The minimum atomic E-state index is -3.77. The van der Waals surface area contributed by atoms with Gasteiger partial charge in [-0.25, -0.2) is 22.9 Å². The highest BCUT2D eigenvalue weighted by atomic mass is 32.2. The van der Waals surface area contributed by atoms with Crippen LogP contribution in [0, 0.1) is 6.07 Å². The van der Waals surface area contributed by atoms with Gasteiger partial charge in [-0.2, -0.15) is 0 Å². The van der Waals surface area contributed by atoms with Crippen LogP contribution >= 0.6 is 11.3 Å². The van der Waals surface area contributed by atoms with Crippen molar-refractivity contribution in [2.75, 3.05) is 18.1 Å². The van der Waals surface area contributed by atoms with Crippen molar-refractivity contribution < 1.29 is 17.9 Å². The van der Waals surface area contributed by atoms with Crippen molar-refractivity contribution >= 4 is 33.1 Å². The Kier molecular flexibility index (Phi) is 5.59. The molecule has 1 aliphatic rings. The fourth-order valence-corrected chi connectivity index (χ4v) is 5.52. The Bertz CT molecular complexity index is 1220. The zero-order valence-electron chi connectivity index (χ0n) is 17.4. The lowest BCUT2D eigenvalue weighted by Gasteiger charge is -2.22. The zero-order valence-corrected chi connectivity index (χ0v) is 19.0. The number of nitrogens with one attached hydrogen (secondary N) is 1. The molecular formula is C22H22N3O4S2. The Morgan fingerprint density at radius 2 is 1.94 bits per heavy atom. The summed E-state index contributed by atoms with van der Waals surface area (Å²) in [6, 6.07) is 15.2. The van der Waals surface area contributed by atoms with Crippen LogP contribution in [0.4, 0.5) is 10.5 Å². The second-order valence-electron chi connectivity index (χ2n) is 8.13. The molecule has 31 heavy (non-hydrogen) atoms. The predicted octanol–water partition coefficient (Wildman–Crippen LogP) is 4.31. The van der Waals surface area contributed by atoms with Gasteiger partial charge in [-0.05, 0) is 45.0 Å². The second kappa shape index (κ2) is 8.07. The van der Waals surface area contributed by atoms with Crippen molar-refractivity contribution in [3.8, 4) is 21.8 Å². The van der Waals surface area contributed by atoms with Gasteiger partial charge in [0.25, 0.3) is 0 Å². The molecule has 161 valence electrons. The molecule has 0 spiro atoms. The maximum Gasteiger partial charge on any atom is 0.414 e. The van der Waals surface area contributed by atoms with Crippen molar-refractivity contribution in [1.82, 2.24) is 9.71 Å². The third kappa shape index (κ3) is 4.63. The molecule has 0 saturated carbocycles. The van der Waals surface area contributed by atoms with E-state index in [2.05, 4.69) is 10.8 Å². The average molecular weight is 457 g/mol. The van der Waals surface area contributed by atoms with E-state index >= 15 is 0 Å². The number of amides is 1. The van der Waals surface area contributed by atoms with Crippen LogP contribution in [0.15, 0.2) is 52.7 Å². The van der Waals surface area contributed by atoms with E-state index < -0.39 is 21.7 Å². The Balaban J connectivity index is 1.80. The molecule has 4 rings (SSSR count). The van der Waals surface area contributed by atoms with E-state index in [0.29, 0.717) is 23.5 Å². The number of sulfonamides is 1. The first-order valence-electron chi connectivity index (χ1n) is 9.69. The average Bonchev–Trinajstić information content (AvgIpc) is 3.35. The van der Waals surface area contributed by atoms with Crippen LogP contribution in [0.1, 0.15) is 20.8 Å². The summed E-state index contributed by atoms with van der Waals surface area (Å²) < 4.78 is 33.5. The second-order valence-corrected chi connectivity index (χ2v) is 10.7. The number of cyclic esters (lactones) is 1. The first kappa shape index (κ1) is 21.5. The zero-order chi connectivity index (χ0) is 22.2. The number of hydrogen-bond donors (Lipinski definition) is 1. The largest absolute Gasteiger partial charge is 0.447 e. The molecule has 0 aliphatic carbocycles. The Labute approximate surface area is 185 Å². The van der Waals surface area contributed by atoms with Gasteiger partial charge in [-0.15, -0.1) is 11.3 Å². The van der Waals surface area contributed by atoms with Crippen molar-refractivity contribution in [1.29, 1.82) is 0 Å². The van der Waals surface area contributed by atoms with Crippen LogP contribution in [0.2, 0.25) is 0 Å².